The van der Waals surface area contributed by atoms with Gasteiger partial charge in [-0.3, -0.25) is 4.79 Å². The van der Waals surface area contributed by atoms with Gasteiger partial charge in [0.05, 0.1) is 32.6 Å². The van der Waals surface area contributed by atoms with Gasteiger partial charge in [0.1, 0.15) is 22.2 Å². The van der Waals surface area contributed by atoms with Crippen LogP contribution in [-0.4, -0.2) is 35.5 Å². The van der Waals surface area contributed by atoms with Crippen LogP contribution in [0.15, 0.2) is 70.0 Å². The maximum absolute atomic E-state index is 13.6. The fraction of sp³-hybridized carbons (Fsp3) is 0.160. The van der Waals surface area contributed by atoms with Crippen LogP contribution >= 0.6 is 27.5 Å². The molecular weight excluding hydrogens is 544 g/mol. The summed E-state index contributed by atoms with van der Waals surface area (Å²) < 4.78 is 44.0. The number of Topliss-reactive ketones (excluding diaryl/α,β-unsaturated/α-hetero) is 1. The summed E-state index contributed by atoms with van der Waals surface area (Å²) in [5.74, 6) is -0.00553. The first-order valence-corrected chi connectivity index (χ1v) is 12.8. The van der Waals surface area contributed by atoms with E-state index in [1.807, 2.05) is 0 Å². The topological polar surface area (TPSA) is 78.9 Å². The van der Waals surface area contributed by atoms with Gasteiger partial charge in [-0.25, -0.2) is 8.42 Å². The van der Waals surface area contributed by atoms with Gasteiger partial charge in [-0.05, 0) is 48.0 Å². The summed E-state index contributed by atoms with van der Waals surface area (Å²) >= 11 is 9.26. The summed E-state index contributed by atoms with van der Waals surface area (Å²) in [6.07, 6.45) is 1.28. The molecule has 0 fully saturated rings. The smallest absolute Gasteiger partial charge is 0.204 e. The fourth-order valence-electron chi connectivity index (χ4n) is 3.22. The van der Waals surface area contributed by atoms with E-state index in [1.165, 1.54) is 27.4 Å². The van der Waals surface area contributed by atoms with Crippen molar-refractivity contribution in [3.8, 4) is 17.2 Å². The lowest BCUT2D eigenvalue weighted by molar-refractivity contribution is 0.104. The number of allylic oxidation sites excluding steroid dienone is 1. The van der Waals surface area contributed by atoms with Crippen molar-refractivity contribution in [2.45, 2.75) is 5.75 Å². The van der Waals surface area contributed by atoms with Crippen molar-refractivity contribution in [1.82, 2.24) is 0 Å². The highest BCUT2D eigenvalue weighted by Gasteiger charge is 2.28. The van der Waals surface area contributed by atoms with E-state index in [1.54, 1.807) is 60.7 Å². The number of methoxy groups -OCH3 is 3. The molecule has 0 bridgehead atoms. The molecule has 0 amide bonds. The highest BCUT2D eigenvalue weighted by Crippen LogP contribution is 2.37. The van der Waals surface area contributed by atoms with Crippen molar-refractivity contribution in [2.24, 2.45) is 0 Å². The molecule has 34 heavy (non-hydrogen) atoms. The number of benzene rings is 3. The standard InChI is InChI=1S/C25H22BrClO6S/c1-31-20-12-22(32-2)21(23(13-20)33-3)14-24(25(28)17-6-8-18(26)9-7-17)34(29,30)15-16-4-10-19(27)11-5-16/h4-14H,15H2,1-3H3. The second-order valence-electron chi connectivity index (χ2n) is 7.18. The highest BCUT2D eigenvalue weighted by atomic mass is 79.9. The number of ether oxygens (including phenoxy) is 3. The Morgan fingerprint density at radius 2 is 1.47 bits per heavy atom. The maximum Gasteiger partial charge on any atom is 0.204 e. The van der Waals surface area contributed by atoms with E-state index in [0.717, 1.165) is 4.47 Å². The van der Waals surface area contributed by atoms with E-state index < -0.39 is 20.5 Å². The average Bonchev–Trinajstić information content (AvgIpc) is 2.83. The van der Waals surface area contributed by atoms with Crippen LogP contribution in [0.25, 0.3) is 6.08 Å². The molecule has 3 aromatic rings. The van der Waals surface area contributed by atoms with Gasteiger partial charge in [0.15, 0.2) is 9.84 Å². The first-order chi connectivity index (χ1) is 16.2. The molecule has 0 unspecified atom stereocenters. The van der Waals surface area contributed by atoms with Crippen LogP contribution in [0.4, 0.5) is 0 Å². The van der Waals surface area contributed by atoms with Gasteiger partial charge in [-0.15, -0.1) is 0 Å². The maximum atomic E-state index is 13.6. The molecule has 0 spiro atoms. The lowest BCUT2D eigenvalue weighted by Crippen LogP contribution is -2.16. The number of hydrogen-bond acceptors (Lipinski definition) is 6. The van der Waals surface area contributed by atoms with Crippen LogP contribution in [0.3, 0.4) is 0 Å². The van der Waals surface area contributed by atoms with E-state index in [9.17, 15) is 13.2 Å². The normalized spacial score (nSPS) is 11.7. The number of halogens is 2. The number of sulfone groups is 1. The van der Waals surface area contributed by atoms with Crippen LogP contribution in [0.2, 0.25) is 5.02 Å². The van der Waals surface area contributed by atoms with Crippen LogP contribution in [0.1, 0.15) is 21.5 Å². The average molecular weight is 566 g/mol. The predicted molar refractivity (Wildman–Crippen MR) is 137 cm³/mol. The van der Waals surface area contributed by atoms with Crippen molar-refractivity contribution >= 4 is 49.2 Å². The summed E-state index contributed by atoms with van der Waals surface area (Å²) in [5, 5.41) is 0.482. The van der Waals surface area contributed by atoms with Crippen LogP contribution < -0.4 is 14.2 Å². The van der Waals surface area contributed by atoms with E-state index in [4.69, 9.17) is 25.8 Å². The molecule has 9 heteroatoms. The highest BCUT2D eigenvalue weighted by molar-refractivity contribution is 9.10. The summed E-state index contributed by atoms with van der Waals surface area (Å²) in [6, 6.07) is 16.0. The molecule has 3 aromatic carbocycles. The monoisotopic (exact) mass is 564 g/mol. The number of rotatable bonds is 9. The Labute approximate surface area is 212 Å². The number of carbonyl (C=O) groups is 1. The Balaban J connectivity index is 2.21. The largest absolute Gasteiger partial charge is 0.496 e. The van der Waals surface area contributed by atoms with Crippen molar-refractivity contribution in [3.05, 3.63) is 91.8 Å². The lowest BCUT2D eigenvalue weighted by atomic mass is 10.1. The zero-order chi connectivity index (χ0) is 24.9. The van der Waals surface area contributed by atoms with Gasteiger partial charge in [0.25, 0.3) is 0 Å². The Bertz CT molecular complexity index is 1290. The second-order valence-corrected chi connectivity index (χ2v) is 10.5. The summed E-state index contributed by atoms with van der Waals surface area (Å²) in [6.45, 7) is 0. The minimum Gasteiger partial charge on any atom is -0.496 e. The van der Waals surface area contributed by atoms with Crippen LogP contribution in [0, 0.1) is 0 Å². The molecule has 0 heterocycles. The third-order valence-corrected chi connectivity index (χ3v) is 7.43. The molecule has 0 saturated carbocycles. The Morgan fingerprint density at radius 3 is 1.97 bits per heavy atom. The van der Waals surface area contributed by atoms with Crippen molar-refractivity contribution in [3.63, 3.8) is 0 Å². The molecule has 6 nitrogen and oxygen atoms in total. The summed E-state index contributed by atoms with van der Waals surface area (Å²) in [4.78, 5) is 13.1. The molecule has 178 valence electrons. The zero-order valence-corrected chi connectivity index (χ0v) is 21.8. The Morgan fingerprint density at radius 1 is 0.912 bits per heavy atom. The van der Waals surface area contributed by atoms with Crippen molar-refractivity contribution in [1.29, 1.82) is 0 Å². The Hall–Kier alpha value is -2.81. The molecule has 0 atom stereocenters. The molecule has 3 rings (SSSR count). The summed E-state index contributed by atoms with van der Waals surface area (Å²) in [5.41, 5.74) is 1.01. The minimum absolute atomic E-state index is 0.223. The Kier molecular flexibility index (Phi) is 8.41. The van der Waals surface area contributed by atoms with Crippen molar-refractivity contribution < 1.29 is 27.4 Å². The van der Waals surface area contributed by atoms with Gasteiger partial charge < -0.3 is 14.2 Å². The van der Waals surface area contributed by atoms with E-state index >= 15 is 0 Å². The molecule has 0 saturated heterocycles. The van der Waals surface area contributed by atoms with E-state index in [2.05, 4.69) is 15.9 Å². The van der Waals surface area contributed by atoms with E-state index in [0.29, 0.717) is 33.4 Å². The minimum atomic E-state index is -4.10. The zero-order valence-electron chi connectivity index (χ0n) is 18.7. The quantitative estimate of drug-likeness (QED) is 0.235. The molecular formula is C25H22BrClO6S. The van der Waals surface area contributed by atoms with Crippen LogP contribution in [0.5, 0.6) is 17.2 Å². The van der Waals surface area contributed by atoms with Gasteiger partial charge in [-0.1, -0.05) is 39.7 Å². The molecule has 0 aliphatic rings. The van der Waals surface area contributed by atoms with Gasteiger partial charge in [0.2, 0.25) is 5.78 Å². The predicted octanol–water partition coefficient (Wildman–Crippen LogP) is 5.97. The number of ketones is 1. The summed E-state index contributed by atoms with van der Waals surface area (Å²) in [7, 11) is 0.263. The molecule has 0 aromatic heterocycles. The van der Waals surface area contributed by atoms with Crippen molar-refractivity contribution in [2.75, 3.05) is 21.3 Å². The molecule has 0 N–H and O–H groups in total. The van der Waals surface area contributed by atoms with Gasteiger partial charge in [0, 0.05) is 27.2 Å². The van der Waals surface area contributed by atoms with Crippen LogP contribution in [-0.2, 0) is 15.6 Å². The molecule has 0 aliphatic carbocycles. The first kappa shape index (κ1) is 25.8. The first-order valence-electron chi connectivity index (χ1n) is 9.97. The number of carbonyl (C=O) groups excluding carboxylic acids is 1. The second kappa shape index (κ2) is 11.1. The SMILES string of the molecule is COc1cc(OC)c(C=C(C(=O)c2ccc(Br)cc2)S(=O)(=O)Cc2ccc(Cl)cc2)c(OC)c1. The van der Waals surface area contributed by atoms with Gasteiger partial charge >= 0.3 is 0 Å². The fourth-order valence-corrected chi connectivity index (χ4v) is 5.10. The molecule has 0 aliphatic heterocycles. The lowest BCUT2D eigenvalue weighted by Gasteiger charge is -2.15. The van der Waals surface area contributed by atoms with Gasteiger partial charge in [-0.2, -0.15) is 0 Å². The van der Waals surface area contributed by atoms with E-state index in [-0.39, 0.29) is 11.3 Å². The molecule has 0 radical (unpaired) electrons. The third-order valence-electron chi connectivity index (χ3n) is 4.96. The third kappa shape index (κ3) is 6.00. The number of hydrogen-bond donors (Lipinski definition) is 0.